The lowest BCUT2D eigenvalue weighted by Gasteiger charge is -2.02. The third-order valence-corrected chi connectivity index (χ3v) is 2.55. The van der Waals surface area contributed by atoms with Crippen molar-refractivity contribution < 1.29 is 4.74 Å². The lowest BCUT2D eigenvalue weighted by atomic mass is 10.1. The number of hydrogen-bond donors (Lipinski definition) is 1. The molecule has 1 aliphatic rings. The molecule has 1 aromatic rings. The molecule has 1 unspecified atom stereocenters. The van der Waals surface area contributed by atoms with Crippen molar-refractivity contribution in [2.45, 2.75) is 18.9 Å². The predicted molar refractivity (Wildman–Crippen MR) is 60.9 cm³/mol. The van der Waals surface area contributed by atoms with Crippen LogP contribution >= 0.6 is 0 Å². The monoisotopic (exact) mass is 201 g/mol. The molecule has 15 heavy (non-hydrogen) atoms. The fourth-order valence-electron chi connectivity index (χ4n) is 1.72. The smallest absolute Gasteiger partial charge is 0.134 e. The van der Waals surface area contributed by atoms with E-state index in [1.807, 2.05) is 24.3 Å². The van der Waals surface area contributed by atoms with Crippen LogP contribution in [0.3, 0.4) is 0 Å². The number of nitrogens with one attached hydrogen (secondary N) is 1. The molecule has 1 fully saturated rings. The van der Waals surface area contributed by atoms with Crippen molar-refractivity contribution in [1.29, 1.82) is 0 Å². The van der Waals surface area contributed by atoms with E-state index in [-0.39, 0.29) is 0 Å². The van der Waals surface area contributed by atoms with E-state index in [2.05, 4.69) is 17.2 Å². The average molecular weight is 201 g/mol. The van der Waals surface area contributed by atoms with E-state index in [1.54, 1.807) is 7.11 Å². The summed E-state index contributed by atoms with van der Waals surface area (Å²) in [6.07, 6.45) is 2.38. The predicted octanol–water partition coefficient (Wildman–Crippen LogP) is 1.80. The van der Waals surface area contributed by atoms with Crippen molar-refractivity contribution in [3.8, 4) is 17.6 Å². The van der Waals surface area contributed by atoms with Crippen LogP contribution in [0.1, 0.15) is 18.4 Å². The highest BCUT2D eigenvalue weighted by Gasteiger charge is 2.10. The van der Waals surface area contributed by atoms with Gasteiger partial charge in [-0.2, -0.15) is 0 Å². The van der Waals surface area contributed by atoms with Gasteiger partial charge in [-0.3, -0.25) is 0 Å². The van der Waals surface area contributed by atoms with E-state index in [0.29, 0.717) is 6.04 Å². The maximum Gasteiger partial charge on any atom is 0.134 e. The average Bonchev–Trinajstić information content (AvgIpc) is 2.79. The van der Waals surface area contributed by atoms with Crippen molar-refractivity contribution in [2.24, 2.45) is 0 Å². The second-order valence-corrected chi connectivity index (χ2v) is 3.62. The minimum Gasteiger partial charge on any atom is -0.495 e. The Morgan fingerprint density at radius 3 is 3.00 bits per heavy atom. The van der Waals surface area contributed by atoms with Crippen molar-refractivity contribution in [3.05, 3.63) is 29.8 Å². The van der Waals surface area contributed by atoms with Gasteiger partial charge in [0.25, 0.3) is 0 Å². The first-order chi connectivity index (χ1) is 7.40. The lowest BCUT2D eigenvalue weighted by molar-refractivity contribution is 0.413. The van der Waals surface area contributed by atoms with Gasteiger partial charge in [-0.05, 0) is 31.5 Å². The first-order valence-electron chi connectivity index (χ1n) is 5.28. The standard InChI is InChI=1S/C13H15NO/c1-15-13-7-3-2-5-11(13)8-9-12-6-4-10-14-12/h2-3,5,7,12,14H,4,6,10H2,1H3. The summed E-state index contributed by atoms with van der Waals surface area (Å²) in [6.45, 7) is 1.09. The van der Waals surface area contributed by atoms with Crippen LogP contribution in [-0.4, -0.2) is 19.7 Å². The van der Waals surface area contributed by atoms with E-state index < -0.39 is 0 Å². The molecule has 1 N–H and O–H groups in total. The third kappa shape index (κ3) is 2.51. The number of hydrogen-bond acceptors (Lipinski definition) is 2. The van der Waals surface area contributed by atoms with Crippen molar-refractivity contribution in [3.63, 3.8) is 0 Å². The van der Waals surface area contributed by atoms with Crippen LogP contribution in [0.25, 0.3) is 0 Å². The number of para-hydroxylation sites is 1. The molecule has 0 aromatic heterocycles. The van der Waals surface area contributed by atoms with E-state index in [0.717, 1.165) is 24.3 Å². The van der Waals surface area contributed by atoms with Crippen LogP contribution in [0.15, 0.2) is 24.3 Å². The third-order valence-electron chi connectivity index (χ3n) is 2.55. The van der Waals surface area contributed by atoms with E-state index in [9.17, 15) is 0 Å². The molecular formula is C13H15NO. The maximum absolute atomic E-state index is 5.24. The summed E-state index contributed by atoms with van der Waals surface area (Å²) in [7, 11) is 1.67. The first-order valence-corrected chi connectivity index (χ1v) is 5.28. The van der Waals surface area contributed by atoms with Gasteiger partial charge in [-0.15, -0.1) is 0 Å². The van der Waals surface area contributed by atoms with Gasteiger partial charge in [-0.25, -0.2) is 0 Å². The number of rotatable bonds is 1. The van der Waals surface area contributed by atoms with Gasteiger partial charge in [0.15, 0.2) is 0 Å². The molecule has 2 nitrogen and oxygen atoms in total. The van der Waals surface area contributed by atoms with Crippen LogP contribution in [0, 0.1) is 11.8 Å². The summed E-state index contributed by atoms with van der Waals surface area (Å²) < 4.78 is 5.24. The van der Waals surface area contributed by atoms with Gasteiger partial charge in [0.05, 0.1) is 18.7 Å². The van der Waals surface area contributed by atoms with Gasteiger partial charge in [-0.1, -0.05) is 24.0 Å². The molecule has 2 heteroatoms. The summed E-state index contributed by atoms with van der Waals surface area (Å²) in [6, 6.07) is 8.22. The fourth-order valence-corrected chi connectivity index (χ4v) is 1.72. The summed E-state index contributed by atoms with van der Waals surface area (Å²) >= 11 is 0. The van der Waals surface area contributed by atoms with Crippen LogP contribution < -0.4 is 10.1 Å². The highest BCUT2D eigenvalue weighted by molar-refractivity contribution is 5.46. The molecule has 78 valence electrons. The molecule has 0 amide bonds. The first kappa shape index (κ1) is 10.1. The molecule has 0 saturated carbocycles. The Labute approximate surface area is 90.6 Å². The summed E-state index contributed by atoms with van der Waals surface area (Å²) in [5, 5.41) is 3.35. The Kier molecular flexibility index (Phi) is 3.26. The molecule has 2 rings (SSSR count). The van der Waals surface area contributed by atoms with Crippen LogP contribution in [0.5, 0.6) is 5.75 Å². The maximum atomic E-state index is 5.24. The molecule has 0 bridgehead atoms. The molecule has 1 aliphatic heterocycles. The van der Waals surface area contributed by atoms with E-state index in [4.69, 9.17) is 4.74 Å². The topological polar surface area (TPSA) is 21.3 Å². The van der Waals surface area contributed by atoms with E-state index >= 15 is 0 Å². The largest absolute Gasteiger partial charge is 0.495 e. The second kappa shape index (κ2) is 4.86. The zero-order valence-corrected chi connectivity index (χ0v) is 8.92. The van der Waals surface area contributed by atoms with Crippen molar-refractivity contribution in [2.75, 3.05) is 13.7 Å². The minimum absolute atomic E-state index is 0.356. The summed E-state index contributed by atoms with van der Waals surface area (Å²) in [4.78, 5) is 0. The summed E-state index contributed by atoms with van der Waals surface area (Å²) in [5.74, 6) is 7.25. The molecule has 1 aromatic carbocycles. The van der Waals surface area contributed by atoms with Gasteiger partial charge in [0.1, 0.15) is 5.75 Å². The molecular weight excluding hydrogens is 186 g/mol. The lowest BCUT2D eigenvalue weighted by Crippen LogP contribution is -2.18. The SMILES string of the molecule is COc1ccccc1C#CC1CCCN1. The molecule has 1 atom stereocenters. The Hall–Kier alpha value is -1.46. The number of methoxy groups -OCH3 is 1. The van der Waals surface area contributed by atoms with Crippen LogP contribution in [0.2, 0.25) is 0 Å². The van der Waals surface area contributed by atoms with Crippen molar-refractivity contribution >= 4 is 0 Å². The quantitative estimate of drug-likeness (QED) is 0.699. The number of ether oxygens (including phenoxy) is 1. The molecule has 0 aliphatic carbocycles. The van der Waals surface area contributed by atoms with Gasteiger partial charge in [0, 0.05) is 0 Å². The molecule has 0 spiro atoms. The highest BCUT2D eigenvalue weighted by Crippen LogP contribution is 2.15. The van der Waals surface area contributed by atoms with Crippen molar-refractivity contribution in [1.82, 2.24) is 5.32 Å². The van der Waals surface area contributed by atoms with Gasteiger partial charge >= 0.3 is 0 Å². The van der Waals surface area contributed by atoms with Crippen LogP contribution in [-0.2, 0) is 0 Å². The Bertz CT molecular complexity index is 383. The van der Waals surface area contributed by atoms with Gasteiger partial charge < -0.3 is 10.1 Å². The van der Waals surface area contributed by atoms with E-state index in [1.165, 1.54) is 6.42 Å². The Morgan fingerprint density at radius 1 is 1.40 bits per heavy atom. The Morgan fingerprint density at radius 2 is 2.27 bits per heavy atom. The highest BCUT2D eigenvalue weighted by atomic mass is 16.5. The van der Waals surface area contributed by atoms with Gasteiger partial charge in [0.2, 0.25) is 0 Å². The zero-order chi connectivity index (χ0) is 10.5. The second-order valence-electron chi connectivity index (χ2n) is 3.62. The molecule has 0 radical (unpaired) electrons. The summed E-state index contributed by atoms with van der Waals surface area (Å²) in [5.41, 5.74) is 0.966. The fraction of sp³-hybridized carbons (Fsp3) is 0.385. The molecule has 1 saturated heterocycles. The number of benzene rings is 1. The zero-order valence-electron chi connectivity index (χ0n) is 8.92. The Balaban J connectivity index is 2.14. The van der Waals surface area contributed by atoms with Crippen LogP contribution in [0.4, 0.5) is 0 Å². The minimum atomic E-state index is 0.356. The normalized spacial score (nSPS) is 19.4. The molecule has 1 heterocycles.